The van der Waals surface area contributed by atoms with Crippen LogP contribution < -0.4 is 11.1 Å². The molecule has 0 saturated heterocycles. The first-order valence-corrected chi connectivity index (χ1v) is 6.27. The molecule has 4 heteroatoms. The zero-order valence-corrected chi connectivity index (χ0v) is 11.4. The number of nitrogens with zero attached hydrogens (tertiary/aromatic N) is 1. The van der Waals surface area contributed by atoms with Gasteiger partial charge in [0.2, 0.25) is 5.91 Å². The predicted octanol–water partition coefficient (Wildman–Crippen LogP) is 0.970. The molecule has 1 rings (SSSR count). The van der Waals surface area contributed by atoms with Gasteiger partial charge in [-0.05, 0) is 26.5 Å². The molecule has 2 atom stereocenters. The lowest BCUT2D eigenvalue weighted by atomic mass is 10.2. The predicted molar refractivity (Wildman–Crippen MR) is 74.0 cm³/mol. The maximum Gasteiger partial charge on any atom is 0.236 e. The summed E-state index contributed by atoms with van der Waals surface area (Å²) in [6.07, 6.45) is 0. The molecule has 0 fully saturated rings. The molecule has 0 aliphatic carbocycles. The van der Waals surface area contributed by atoms with E-state index < -0.39 is 6.04 Å². The first-order valence-electron chi connectivity index (χ1n) is 6.27. The van der Waals surface area contributed by atoms with Crippen molar-refractivity contribution in [3.05, 3.63) is 35.9 Å². The van der Waals surface area contributed by atoms with E-state index in [1.165, 1.54) is 5.56 Å². The van der Waals surface area contributed by atoms with Crippen LogP contribution in [-0.4, -0.2) is 36.5 Å². The van der Waals surface area contributed by atoms with Crippen molar-refractivity contribution in [3.8, 4) is 0 Å². The lowest BCUT2D eigenvalue weighted by Gasteiger charge is -2.22. The zero-order valence-electron chi connectivity index (χ0n) is 11.4. The van der Waals surface area contributed by atoms with Gasteiger partial charge >= 0.3 is 0 Å². The van der Waals surface area contributed by atoms with Crippen LogP contribution in [0.15, 0.2) is 30.3 Å². The number of hydrogen-bond acceptors (Lipinski definition) is 3. The van der Waals surface area contributed by atoms with E-state index in [-0.39, 0.29) is 11.9 Å². The molecule has 0 heterocycles. The van der Waals surface area contributed by atoms with Crippen LogP contribution >= 0.6 is 0 Å². The first kappa shape index (κ1) is 14.7. The van der Waals surface area contributed by atoms with Gasteiger partial charge in [-0.2, -0.15) is 0 Å². The summed E-state index contributed by atoms with van der Waals surface area (Å²) in [6.45, 7) is 5.35. The summed E-state index contributed by atoms with van der Waals surface area (Å²) in [5.74, 6) is -0.101. The molecule has 0 saturated carbocycles. The van der Waals surface area contributed by atoms with Gasteiger partial charge < -0.3 is 16.0 Å². The fourth-order valence-electron chi connectivity index (χ4n) is 1.85. The number of nitrogens with two attached hydrogens (primary N) is 1. The number of nitrogens with one attached hydrogen (secondary N) is 1. The number of amides is 1. The second-order valence-corrected chi connectivity index (χ2v) is 4.88. The molecular weight excluding hydrogens is 226 g/mol. The lowest BCUT2D eigenvalue weighted by molar-refractivity contribution is -0.122. The van der Waals surface area contributed by atoms with Crippen molar-refractivity contribution >= 4 is 5.91 Å². The molecule has 0 aliphatic rings. The lowest BCUT2D eigenvalue weighted by Crippen LogP contribution is -2.46. The molecule has 4 nitrogen and oxygen atoms in total. The van der Waals surface area contributed by atoms with Gasteiger partial charge in [-0.3, -0.25) is 4.79 Å². The van der Waals surface area contributed by atoms with Crippen molar-refractivity contribution in [1.82, 2.24) is 10.2 Å². The third-order valence-electron chi connectivity index (χ3n) is 2.68. The van der Waals surface area contributed by atoms with Crippen LogP contribution in [0.25, 0.3) is 0 Å². The van der Waals surface area contributed by atoms with Crippen LogP contribution in [-0.2, 0) is 11.3 Å². The number of carbonyl (C=O) groups is 1. The van der Waals surface area contributed by atoms with Crippen LogP contribution in [0.1, 0.15) is 19.4 Å². The van der Waals surface area contributed by atoms with E-state index in [4.69, 9.17) is 5.73 Å². The maximum absolute atomic E-state index is 11.4. The smallest absolute Gasteiger partial charge is 0.236 e. The molecule has 3 N–H and O–H groups in total. The Labute approximate surface area is 109 Å². The minimum absolute atomic E-state index is 0.0946. The summed E-state index contributed by atoms with van der Waals surface area (Å²) in [5.41, 5.74) is 6.78. The molecule has 1 aromatic carbocycles. The van der Waals surface area contributed by atoms with Crippen LogP contribution in [0.3, 0.4) is 0 Å². The Morgan fingerprint density at radius 1 is 1.33 bits per heavy atom. The topological polar surface area (TPSA) is 58.4 Å². The first-order chi connectivity index (χ1) is 8.49. The molecule has 0 bridgehead atoms. The van der Waals surface area contributed by atoms with Crippen LogP contribution in [0.2, 0.25) is 0 Å². The highest BCUT2D eigenvalue weighted by Gasteiger charge is 2.12. The Morgan fingerprint density at radius 3 is 2.50 bits per heavy atom. The van der Waals surface area contributed by atoms with Gasteiger partial charge in [0, 0.05) is 19.1 Å². The molecule has 18 heavy (non-hydrogen) atoms. The molecule has 1 amide bonds. The highest BCUT2D eigenvalue weighted by atomic mass is 16.2. The van der Waals surface area contributed by atoms with Crippen molar-refractivity contribution in [3.63, 3.8) is 0 Å². The quantitative estimate of drug-likeness (QED) is 0.790. The Bertz CT molecular complexity index is 365. The summed E-state index contributed by atoms with van der Waals surface area (Å²) in [7, 11) is 2.04. The summed E-state index contributed by atoms with van der Waals surface area (Å²) >= 11 is 0. The molecular formula is C14H23N3O. The highest BCUT2D eigenvalue weighted by Crippen LogP contribution is 2.03. The molecule has 0 aromatic heterocycles. The second-order valence-electron chi connectivity index (χ2n) is 4.88. The summed E-state index contributed by atoms with van der Waals surface area (Å²) in [5, 5.41) is 2.89. The number of benzene rings is 1. The minimum atomic E-state index is -0.452. The average Bonchev–Trinajstić information content (AvgIpc) is 2.29. The average molecular weight is 249 g/mol. The largest absolute Gasteiger partial charge is 0.351 e. The normalized spacial score (nSPS) is 14.3. The van der Waals surface area contributed by atoms with Gasteiger partial charge in [-0.15, -0.1) is 0 Å². The van der Waals surface area contributed by atoms with Gasteiger partial charge in [-0.1, -0.05) is 30.3 Å². The van der Waals surface area contributed by atoms with Crippen LogP contribution in [0.4, 0.5) is 0 Å². The third-order valence-corrected chi connectivity index (χ3v) is 2.68. The maximum atomic E-state index is 11.4. The van der Waals surface area contributed by atoms with E-state index >= 15 is 0 Å². The Balaban J connectivity index is 2.36. The van der Waals surface area contributed by atoms with Gasteiger partial charge in [0.25, 0.3) is 0 Å². The van der Waals surface area contributed by atoms with E-state index in [1.54, 1.807) is 6.92 Å². The Kier molecular flexibility index (Phi) is 5.82. The van der Waals surface area contributed by atoms with Crippen molar-refractivity contribution < 1.29 is 4.79 Å². The summed E-state index contributed by atoms with van der Waals surface area (Å²) in [6, 6.07) is 9.91. The molecule has 1 aromatic rings. The second kappa shape index (κ2) is 7.13. The van der Waals surface area contributed by atoms with Crippen molar-refractivity contribution in [1.29, 1.82) is 0 Å². The number of hydrogen-bond donors (Lipinski definition) is 2. The molecule has 100 valence electrons. The van der Waals surface area contributed by atoms with E-state index in [2.05, 4.69) is 22.3 Å². The van der Waals surface area contributed by atoms with Crippen molar-refractivity contribution in [2.24, 2.45) is 5.73 Å². The summed E-state index contributed by atoms with van der Waals surface area (Å²) < 4.78 is 0. The fraction of sp³-hybridized carbons (Fsp3) is 0.500. The monoisotopic (exact) mass is 249 g/mol. The fourth-order valence-corrected chi connectivity index (χ4v) is 1.85. The third kappa shape index (κ3) is 5.29. The molecule has 0 aliphatic heterocycles. The van der Waals surface area contributed by atoms with Gasteiger partial charge in [0.15, 0.2) is 0 Å². The van der Waals surface area contributed by atoms with Crippen LogP contribution in [0, 0.1) is 0 Å². The Hall–Kier alpha value is -1.39. The number of rotatable bonds is 6. The SMILES string of the molecule is CC(CN(C)Cc1ccccc1)NC(=O)[C@@H](C)N. The van der Waals surface area contributed by atoms with E-state index in [0.717, 1.165) is 13.1 Å². The van der Waals surface area contributed by atoms with E-state index in [9.17, 15) is 4.79 Å². The zero-order chi connectivity index (χ0) is 13.5. The van der Waals surface area contributed by atoms with Crippen molar-refractivity contribution in [2.75, 3.05) is 13.6 Å². The molecule has 0 spiro atoms. The van der Waals surface area contributed by atoms with Gasteiger partial charge in [0.05, 0.1) is 6.04 Å². The minimum Gasteiger partial charge on any atom is -0.351 e. The van der Waals surface area contributed by atoms with E-state index in [1.807, 2.05) is 32.2 Å². The van der Waals surface area contributed by atoms with Gasteiger partial charge in [-0.25, -0.2) is 0 Å². The standard InChI is InChI=1S/C14H23N3O/c1-11(16-14(18)12(2)15)9-17(3)10-13-7-5-4-6-8-13/h4-8,11-12H,9-10,15H2,1-3H3,(H,16,18)/t11?,12-/m1/s1. The molecule has 1 unspecified atom stereocenters. The van der Waals surface area contributed by atoms with Gasteiger partial charge in [0.1, 0.15) is 0 Å². The van der Waals surface area contributed by atoms with Crippen LogP contribution in [0.5, 0.6) is 0 Å². The van der Waals surface area contributed by atoms with Crippen molar-refractivity contribution in [2.45, 2.75) is 32.5 Å². The highest BCUT2D eigenvalue weighted by molar-refractivity contribution is 5.81. The van der Waals surface area contributed by atoms with E-state index in [0.29, 0.717) is 0 Å². The number of likely N-dealkylation sites (N-methyl/N-ethyl adjacent to an activating group) is 1. The molecule has 0 radical (unpaired) electrons. The number of carbonyl (C=O) groups excluding carboxylic acids is 1. The Morgan fingerprint density at radius 2 is 1.94 bits per heavy atom. The summed E-state index contributed by atoms with van der Waals surface area (Å²) in [4.78, 5) is 13.6.